The molecule has 6 unspecified atom stereocenters. The molecule has 0 N–H and O–H groups in total. The van der Waals surface area contributed by atoms with E-state index in [1.54, 1.807) is 23.5 Å². The monoisotopic (exact) mass is 1060 g/mol. The van der Waals surface area contributed by atoms with Crippen molar-refractivity contribution in [2.24, 2.45) is 74.9 Å². The van der Waals surface area contributed by atoms with Gasteiger partial charge in [-0.15, -0.1) is 23.5 Å². The van der Waals surface area contributed by atoms with E-state index in [4.69, 9.17) is 33.2 Å². The van der Waals surface area contributed by atoms with Crippen LogP contribution in [-0.4, -0.2) is 121 Å². The van der Waals surface area contributed by atoms with Crippen LogP contribution >= 0.6 is 23.5 Å². The molecule has 15 fully saturated rings. The van der Waals surface area contributed by atoms with E-state index in [9.17, 15) is 58.3 Å². The molecule has 22 heteroatoms. The predicted molar refractivity (Wildman–Crippen MR) is 231 cm³/mol. The molecule has 0 amide bonds. The summed E-state index contributed by atoms with van der Waals surface area (Å²) in [5, 5.41) is 0. The number of hydrogen-bond donors (Lipinski definition) is 0. The SMILES string of the molecule is CC(F)(F)COC(=O)C12CC3CC(C1)C1(SCC(COC(=O)C45CC6CC(C4)C4(OCC(F)(F)C(F)(F)CO4)C(C6)C5)(COC(=O)C45CC6CC(C4)C4(OCC(F)(F)C(F)(F)CO4)C(C6)C5)CS1)C(C3)C2. The lowest BCUT2D eigenvalue weighted by Crippen LogP contribution is -2.65. The normalized spacial score (nSPS) is 47.3. The number of carbonyl (C=O) groups is 3. The van der Waals surface area contributed by atoms with Gasteiger partial charge in [-0.3, -0.25) is 14.4 Å². The lowest BCUT2D eigenvalue weighted by atomic mass is 9.47. The summed E-state index contributed by atoms with van der Waals surface area (Å²) in [5.74, 6) is -27.4. The van der Waals surface area contributed by atoms with Crippen LogP contribution in [0, 0.1) is 74.9 Å². The van der Waals surface area contributed by atoms with Crippen LogP contribution in [0.15, 0.2) is 0 Å². The summed E-state index contributed by atoms with van der Waals surface area (Å²) in [6.45, 7) is -6.66. The van der Waals surface area contributed by atoms with Crippen molar-refractivity contribution in [3.05, 3.63) is 0 Å². The van der Waals surface area contributed by atoms with Crippen molar-refractivity contribution in [3.8, 4) is 0 Å². The number of alkyl halides is 10. The molecule has 0 aromatic heterocycles. The van der Waals surface area contributed by atoms with Crippen LogP contribution in [-0.2, 0) is 47.5 Å². The molecular weight excluding hydrogens is 1000 g/mol. The summed E-state index contributed by atoms with van der Waals surface area (Å²) in [7, 11) is 0. The van der Waals surface area contributed by atoms with Gasteiger partial charge in [0.25, 0.3) is 5.92 Å². The Morgan fingerprint density at radius 3 is 1.10 bits per heavy atom. The lowest BCUT2D eigenvalue weighted by Gasteiger charge is -2.65. The molecule has 3 spiro atoms. The smallest absolute Gasteiger partial charge is 0.335 e. The number of halogens is 10. The molecule has 3 aliphatic heterocycles. The largest absolute Gasteiger partial charge is 0.464 e. The highest BCUT2D eigenvalue weighted by molar-refractivity contribution is 8.18. The van der Waals surface area contributed by atoms with Crippen LogP contribution in [0.5, 0.6) is 0 Å². The Hall–Kier alpha value is -1.75. The van der Waals surface area contributed by atoms with E-state index in [1.165, 1.54) is 0 Å². The van der Waals surface area contributed by atoms with Crippen LogP contribution < -0.4 is 0 Å². The molecule has 12 saturated carbocycles. The highest BCUT2D eigenvalue weighted by Gasteiger charge is 2.73. The first-order valence-electron chi connectivity index (χ1n) is 25.4. The van der Waals surface area contributed by atoms with E-state index in [1.807, 2.05) is 0 Å². The summed E-state index contributed by atoms with van der Waals surface area (Å²) >= 11 is 3.38. The van der Waals surface area contributed by atoms with Gasteiger partial charge in [-0.05, 0) is 126 Å². The van der Waals surface area contributed by atoms with E-state index in [0.717, 1.165) is 12.8 Å². The van der Waals surface area contributed by atoms with Crippen LogP contribution in [0.4, 0.5) is 43.9 Å². The van der Waals surface area contributed by atoms with Gasteiger partial charge in [-0.2, -0.15) is 35.1 Å². The van der Waals surface area contributed by atoms with E-state index in [0.29, 0.717) is 76.2 Å². The van der Waals surface area contributed by atoms with Gasteiger partial charge in [-0.1, -0.05) is 0 Å². The number of carbonyl (C=O) groups excluding carboxylic acids is 3. The Balaban J connectivity index is 0.777. The molecule has 3 heterocycles. The third-order valence-electron chi connectivity index (χ3n) is 20.0. The topological polar surface area (TPSA) is 116 Å². The van der Waals surface area contributed by atoms with Crippen molar-refractivity contribution < 1.29 is 91.4 Å². The first-order valence-corrected chi connectivity index (χ1v) is 27.3. The molecule has 10 nitrogen and oxygen atoms in total. The minimum atomic E-state index is -4.44. The number of rotatable bonds is 9. The van der Waals surface area contributed by atoms with E-state index < -0.39 is 137 Å². The number of hydrogen-bond acceptors (Lipinski definition) is 12. The fourth-order valence-corrected chi connectivity index (χ4v) is 21.3. The maximum absolute atomic E-state index is 14.7. The molecule has 12 bridgehead atoms. The van der Waals surface area contributed by atoms with Gasteiger partial charge in [0.15, 0.2) is 18.2 Å². The van der Waals surface area contributed by atoms with Crippen LogP contribution in [0.1, 0.15) is 103 Å². The summed E-state index contributed by atoms with van der Waals surface area (Å²) in [6.07, 6.45) is 6.48. The fraction of sp³-hybridized carbons (Fsp3) is 0.939. The van der Waals surface area contributed by atoms with Gasteiger partial charge in [0, 0.05) is 42.1 Å². The zero-order chi connectivity index (χ0) is 50.3. The minimum Gasteiger partial charge on any atom is -0.464 e. The molecule has 15 rings (SSSR count). The Kier molecular flexibility index (Phi) is 11.2. The van der Waals surface area contributed by atoms with Gasteiger partial charge in [0.1, 0.15) is 39.6 Å². The first kappa shape index (κ1) is 50.1. The van der Waals surface area contributed by atoms with Crippen LogP contribution in [0.3, 0.4) is 0 Å². The van der Waals surface area contributed by atoms with Gasteiger partial charge >= 0.3 is 41.6 Å². The minimum absolute atomic E-state index is 0.0186. The van der Waals surface area contributed by atoms with Crippen LogP contribution in [0.2, 0.25) is 0 Å². The summed E-state index contributed by atoms with van der Waals surface area (Å²) < 4.78 is 184. The average Bonchev–Trinajstić information content (AvgIpc) is 3.45. The lowest BCUT2D eigenvalue weighted by molar-refractivity contribution is -0.346. The Morgan fingerprint density at radius 2 is 0.775 bits per heavy atom. The molecular formula is C49H60F10O10S2. The number of esters is 3. The molecule has 398 valence electrons. The van der Waals surface area contributed by atoms with Crippen molar-refractivity contribution >= 4 is 41.4 Å². The van der Waals surface area contributed by atoms with E-state index >= 15 is 0 Å². The van der Waals surface area contributed by atoms with E-state index in [2.05, 4.69) is 0 Å². The Labute approximate surface area is 412 Å². The highest BCUT2D eigenvalue weighted by atomic mass is 32.2. The third-order valence-corrected chi connectivity index (χ3v) is 24.4. The van der Waals surface area contributed by atoms with Gasteiger partial charge in [-0.25, -0.2) is 8.78 Å². The van der Waals surface area contributed by atoms with Crippen molar-refractivity contribution in [2.75, 3.05) is 57.8 Å². The highest BCUT2D eigenvalue weighted by Crippen LogP contribution is 2.73. The zero-order valence-electron chi connectivity index (χ0n) is 39.3. The van der Waals surface area contributed by atoms with Gasteiger partial charge in [0.2, 0.25) is 0 Å². The predicted octanol–water partition coefficient (Wildman–Crippen LogP) is 9.94. The fourth-order valence-electron chi connectivity index (χ4n) is 17.2. The molecule has 6 atom stereocenters. The van der Waals surface area contributed by atoms with Crippen molar-refractivity contribution in [1.29, 1.82) is 0 Å². The number of thioether (sulfide) groups is 2. The quantitative estimate of drug-likeness (QED) is 0.124. The maximum atomic E-state index is 14.7. The van der Waals surface area contributed by atoms with Crippen molar-refractivity contribution in [1.82, 2.24) is 0 Å². The van der Waals surface area contributed by atoms with Crippen LogP contribution in [0.25, 0.3) is 0 Å². The zero-order valence-corrected chi connectivity index (χ0v) is 41.0. The summed E-state index contributed by atoms with van der Waals surface area (Å²) in [5.41, 5.74) is -3.93. The second-order valence-electron chi connectivity index (χ2n) is 24.9. The summed E-state index contributed by atoms with van der Waals surface area (Å²) in [4.78, 5) is 42.9. The molecule has 0 radical (unpaired) electrons. The maximum Gasteiger partial charge on any atom is 0.335 e. The second-order valence-corrected chi connectivity index (χ2v) is 27.6. The Bertz CT molecular complexity index is 2010. The molecule has 15 aliphatic rings. The van der Waals surface area contributed by atoms with Crippen molar-refractivity contribution in [2.45, 2.75) is 149 Å². The second kappa shape index (κ2) is 15.9. The Morgan fingerprint density at radius 1 is 0.479 bits per heavy atom. The standard InChI is InChI=1S/C49H60F10O10S2/c1-38(50,51)17-63-35(60)42-10-28-6-33(15-42)49(34(7-28)16-42)70-24-39(25-71-49,18-64-36(61)40-8-26-2-29(11-40)47(30(3-26)12-40)66-20-43(52,53)44(54,55)21-67-47)19-65-37(62)41-9-27-4-31(13-41)48(32(5-27)14-41)68-22-45(56,57)46(58,59)23-69-48/h26-34H,2-25H2,1H3. The molecule has 71 heavy (non-hydrogen) atoms. The molecule has 3 saturated heterocycles. The van der Waals surface area contributed by atoms with Crippen molar-refractivity contribution in [3.63, 3.8) is 0 Å². The summed E-state index contributed by atoms with van der Waals surface area (Å²) in [6, 6.07) is 0. The van der Waals surface area contributed by atoms with Gasteiger partial charge in [0.05, 0.1) is 25.7 Å². The average molecular weight is 1060 g/mol. The third kappa shape index (κ3) is 7.55. The molecule has 0 aromatic carbocycles. The van der Waals surface area contributed by atoms with Gasteiger partial charge < -0.3 is 33.2 Å². The molecule has 12 aliphatic carbocycles. The van der Waals surface area contributed by atoms with E-state index in [-0.39, 0.29) is 72.6 Å². The molecule has 0 aromatic rings. The number of ether oxygens (including phenoxy) is 7. The first-order chi connectivity index (χ1) is 33.1.